The first-order valence-corrected chi connectivity index (χ1v) is 11.2. The molecule has 0 radical (unpaired) electrons. The minimum atomic E-state index is -4.00. The fourth-order valence-electron chi connectivity index (χ4n) is 2.97. The Morgan fingerprint density at radius 2 is 1.71 bits per heavy atom. The molecule has 6 nitrogen and oxygen atoms in total. The molecule has 2 N–H and O–H groups in total. The number of carbonyl (C=O) groups excluding carboxylic acids is 1. The summed E-state index contributed by atoms with van der Waals surface area (Å²) in [4.78, 5) is 12.9. The second kappa shape index (κ2) is 10.2. The van der Waals surface area contributed by atoms with Gasteiger partial charge in [0.15, 0.2) is 0 Å². The summed E-state index contributed by atoms with van der Waals surface area (Å²) in [5.41, 5.74) is 1.01. The summed E-state index contributed by atoms with van der Waals surface area (Å²) in [7, 11) is -4.00. The summed E-state index contributed by atoms with van der Waals surface area (Å²) in [5, 5.41) is 2.58. The van der Waals surface area contributed by atoms with Crippen LogP contribution in [0, 0.1) is 5.82 Å². The molecule has 3 aromatic carbocycles. The molecule has 1 unspecified atom stereocenters. The van der Waals surface area contributed by atoms with Crippen molar-refractivity contribution in [1.82, 2.24) is 4.72 Å². The summed E-state index contributed by atoms with van der Waals surface area (Å²) in [6, 6.07) is 19.3. The van der Waals surface area contributed by atoms with Gasteiger partial charge in [-0.2, -0.15) is 4.72 Å². The van der Waals surface area contributed by atoms with E-state index in [-0.39, 0.29) is 17.0 Å². The van der Waals surface area contributed by atoms with E-state index in [4.69, 9.17) is 4.74 Å². The Morgan fingerprint density at radius 1 is 1.00 bits per heavy atom. The van der Waals surface area contributed by atoms with Crippen LogP contribution in [0.4, 0.5) is 10.1 Å². The van der Waals surface area contributed by atoms with Crippen molar-refractivity contribution in [2.24, 2.45) is 0 Å². The zero-order chi connectivity index (χ0) is 22.3. The molecule has 1 atom stereocenters. The largest absolute Gasteiger partial charge is 0.494 e. The molecule has 8 heteroatoms. The molecule has 0 aliphatic rings. The third kappa shape index (κ3) is 6.37. The number of carbonyl (C=O) groups is 1. The minimum Gasteiger partial charge on any atom is -0.494 e. The Kier molecular flexibility index (Phi) is 7.38. The smallest absolute Gasteiger partial charge is 0.242 e. The van der Waals surface area contributed by atoms with Crippen LogP contribution in [0.3, 0.4) is 0 Å². The van der Waals surface area contributed by atoms with Crippen molar-refractivity contribution in [2.45, 2.75) is 24.3 Å². The Labute approximate surface area is 181 Å². The number of nitrogens with one attached hydrogen (secondary N) is 2. The third-order valence-corrected chi connectivity index (χ3v) is 5.92. The van der Waals surface area contributed by atoms with E-state index in [9.17, 15) is 17.6 Å². The van der Waals surface area contributed by atoms with Crippen LogP contribution in [0.2, 0.25) is 0 Å². The highest BCUT2D eigenvalue weighted by atomic mass is 32.2. The maximum atomic E-state index is 13.5. The Balaban J connectivity index is 1.83. The molecule has 0 saturated heterocycles. The maximum absolute atomic E-state index is 13.5. The maximum Gasteiger partial charge on any atom is 0.242 e. The molecule has 0 spiro atoms. The molecule has 1 amide bonds. The molecule has 3 rings (SSSR count). The molecular weight excluding hydrogens is 419 g/mol. The molecule has 162 valence electrons. The highest BCUT2D eigenvalue weighted by Crippen LogP contribution is 2.18. The number of anilines is 1. The van der Waals surface area contributed by atoms with Crippen LogP contribution >= 0.6 is 0 Å². The van der Waals surface area contributed by atoms with E-state index >= 15 is 0 Å². The topological polar surface area (TPSA) is 84.5 Å². The van der Waals surface area contributed by atoms with Crippen molar-refractivity contribution in [3.63, 3.8) is 0 Å². The average molecular weight is 443 g/mol. The zero-order valence-corrected chi connectivity index (χ0v) is 17.7. The van der Waals surface area contributed by atoms with Crippen LogP contribution in [0.1, 0.15) is 12.5 Å². The molecular formula is C23H23FN2O4S. The van der Waals surface area contributed by atoms with Gasteiger partial charge in [0, 0.05) is 5.69 Å². The summed E-state index contributed by atoms with van der Waals surface area (Å²) in [5.74, 6) is -0.553. The van der Waals surface area contributed by atoms with Crippen molar-refractivity contribution in [2.75, 3.05) is 11.9 Å². The first-order valence-electron chi connectivity index (χ1n) is 9.73. The lowest BCUT2D eigenvalue weighted by Gasteiger charge is -2.19. The van der Waals surface area contributed by atoms with E-state index in [2.05, 4.69) is 10.0 Å². The van der Waals surface area contributed by atoms with Crippen molar-refractivity contribution in [3.8, 4) is 5.75 Å². The van der Waals surface area contributed by atoms with Crippen LogP contribution in [0.15, 0.2) is 83.8 Å². The van der Waals surface area contributed by atoms with Gasteiger partial charge in [-0.3, -0.25) is 4.79 Å². The lowest BCUT2D eigenvalue weighted by molar-refractivity contribution is -0.117. The lowest BCUT2D eigenvalue weighted by Crippen LogP contribution is -2.45. The van der Waals surface area contributed by atoms with Gasteiger partial charge in [0.2, 0.25) is 15.9 Å². The molecule has 31 heavy (non-hydrogen) atoms. The van der Waals surface area contributed by atoms with Gasteiger partial charge in [0.05, 0.1) is 11.5 Å². The molecule has 0 aliphatic carbocycles. The van der Waals surface area contributed by atoms with Crippen molar-refractivity contribution < 1.29 is 22.3 Å². The van der Waals surface area contributed by atoms with Crippen molar-refractivity contribution in [3.05, 3.63) is 90.2 Å². The van der Waals surface area contributed by atoms with Gasteiger partial charge in [0.1, 0.15) is 17.6 Å². The van der Waals surface area contributed by atoms with E-state index in [1.54, 1.807) is 36.4 Å². The monoisotopic (exact) mass is 442 g/mol. The predicted octanol–water partition coefficient (Wildman–Crippen LogP) is 3.75. The van der Waals surface area contributed by atoms with Gasteiger partial charge in [-0.05, 0) is 61.4 Å². The molecule has 0 fully saturated rings. The summed E-state index contributed by atoms with van der Waals surface area (Å²) >= 11 is 0. The molecule has 0 bridgehead atoms. The van der Waals surface area contributed by atoms with Crippen molar-refractivity contribution in [1.29, 1.82) is 0 Å². The van der Waals surface area contributed by atoms with Gasteiger partial charge >= 0.3 is 0 Å². The summed E-state index contributed by atoms with van der Waals surface area (Å²) in [6.07, 6.45) is 0.123. The van der Waals surface area contributed by atoms with Gasteiger partial charge in [-0.25, -0.2) is 12.8 Å². The second-order valence-corrected chi connectivity index (χ2v) is 8.48. The minimum absolute atomic E-state index is 0.00701. The average Bonchev–Trinajstić information content (AvgIpc) is 2.74. The lowest BCUT2D eigenvalue weighted by atomic mass is 10.1. The van der Waals surface area contributed by atoms with Gasteiger partial charge in [-0.1, -0.05) is 36.4 Å². The molecule has 0 heterocycles. The van der Waals surface area contributed by atoms with Crippen LogP contribution in [0.25, 0.3) is 0 Å². The number of benzene rings is 3. The first-order chi connectivity index (χ1) is 14.9. The van der Waals surface area contributed by atoms with Crippen LogP contribution in [-0.2, 0) is 21.2 Å². The number of hydrogen-bond donors (Lipinski definition) is 2. The van der Waals surface area contributed by atoms with Crippen LogP contribution in [-0.4, -0.2) is 27.0 Å². The first kappa shape index (κ1) is 22.5. The molecule has 0 aliphatic heterocycles. The third-order valence-electron chi connectivity index (χ3n) is 4.43. The standard InChI is InChI=1S/C23H23FN2O4S/c1-2-30-20-11-13-21(14-12-20)31(28,29)26-22(15-17-7-4-3-5-8-17)23(27)25-19-10-6-9-18(24)16-19/h3-14,16,22,26H,2,15H2,1H3,(H,25,27). The molecule has 3 aromatic rings. The number of amides is 1. The quantitative estimate of drug-likeness (QED) is 0.529. The highest BCUT2D eigenvalue weighted by Gasteiger charge is 2.26. The SMILES string of the molecule is CCOc1ccc(S(=O)(=O)NC(Cc2ccccc2)C(=O)Nc2cccc(F)c2)cc1. The zero-order valence-electron chi connectivity index (χ0n) is 16.9. The predicted molar refractivity (Wildman–Crippen MR) is 117 cm³/mol. The van der Waals surface area contributed by atoms with E-state index in [0.29, 0.717) is 12.4 Å². The number of hydrogen-bond acceptors (Lipinski definition) is 4. The number of sulfonamides is 1. The number of ether oxygens (including phenoxy) is 1. The molecule has 0 aromatic heterocycles. The Hall–Kier alpha value is -3.23. The number of rotatable bonds is 9. The van der Waals surface area contributed by atoms with Crippen LogP contribution in [0.5, 0.6) is 5.75 Å². The summed E-state index contributed by atoms with van der Waals surface area (Å²) < 4.78 is 47.1. The van der Waals surface area contributed by atoms with Gasteiger partial charge in [-0.15, -0.1) is 0 Å². The Morgan fingerprint density at radius 3 is 2.35 bits per heavy atom. The van der Waals surface area contributed by atoms with E-state index in [1.807, 2.05) is 13.0 Å². The van der Waals surface area contributed by atoms with Crippen LogP contribution < -0.4 is 14.8 Å². The fraction of sp³-hybridized carbons (Fsp3) is 0.174. The fourth-order valence-corrected chi connectivity index (χ4v) is 4.17. The van der Waals surface area contributed by atoms with Gasteiger partial charge in [0.25, 0.3) is 0 Å². The van der Waals surface area contributed by atoms with E-state index in [1.165, 1.54) is 36.4 Å². The van der Waals surface area contributed by atoms with E-state index < -0.39 is 27.8 Å². The molecule has 0 saturated carbocycles. The van der Waals surface area contributed by atoms with Crippen molar-refractivity contribution >= 4 is 21.6 Å². The second-order valence-electron chi connectivity index (χ2n) is 6.77. The number of halogens is 1. The summed E-state index contributed by atoms with van der Waals surface area (Å²) in [6.45, 7) is 2.29. The normalized spacial score (nSPS) is 12.2. The van der Waals surface area contributed by atoms with Gasteiger partial charge < -0.3 is 10.1 Å². The Bertz CT molecular complexity index is 1120. The highest BCUT2D eigenvalue weighted by molar-refractivity contribution is 7.89. The van der Waals surface area contributed by atoms with E-state index in [0.717, 1.165) is 5.56 Å².